The Morgan fingerprint density at radius 1 is 0.826 bits per heavy atom. The van der Waals surface area contributed by atoms with Crippen LogP contribution in [0.1, 0.15) is 31.8 Å². The van der Waals surface area contributed by atoms with Crippen molar-refractivity contribution >= 4 is 22.5 Å². The molecule has 0 aliphatic rings. The summed E-state index contributed by atoms with van der Waals surface area (Å²) < 4.78 is 4.84. The van der Waals surface area contributed by atoms with E-state index in [0.717, 1.165) is 16.3 Å². The van der Waals surface area contributed by atoms with Gasteiger partial charge in [-0.15, -0.1) is 0 Å². The Bertz CT molecular complexity index is 892. The highest BCUT2D eigenvalue weighted by Gasteiger charge is 2.20. The molecule has 0 atom stereocenters. The minimum absolute atomic E-state index is 0.184. The highest BCUT2D eigenvalue weighted by atomic mass is 16.5. The van der Waals surface area contributed by atoms with Crippen molar-refractivity contribution in [1.82, 2.24) is 0 Å². The number of rotatable bonds is 3. The lowest BCUT2D eigenvalue weighted by Gasteiger charge is -2.10. The largest absolute Gasteiger partial charge is 0.465 e. The molecule has 0 bridgehead atoms. The fourth-order valence-corrected chi connectivity index (χ4v) is 2.57. The summed E-state index contributed by atoms with van der Waals surface area (Å²) in [6.07, 6.45) is 0. The predicted molar refractivity (Wildman–Crippen MR) is 89.9 cm³/mol. The van der Waals surface area contributed by atoms with Gasteiger partial charge in [0.05, 0.1) is 12.7 Å². The van der Waals surface area contributed by atoms with Gasteiger partial charge in [0.25, 0.3) is 0 Å². The molecule has 0 saturated carbocycles. The van der Waals surface area contributed by atoms with Crippen LogP contribution in [0.15, 0.2) is 60.7 Å². The Labute approximate surface area is 134 Å². The van der Waals surface area contributed by atoms with Gasteiger partial charge in [0, 0.05) is 11.1 Å². The molecule has 0 saturated heterocycles. The smallest absolute Gasteiger partial charge is 0.338 e. The number of esters is 1. The van der Waals surface area contributed by atoms with Crippen LogP contribution in [0.3, 0.4) is 0 Å². The van der Waals surface area contributed by atoms with Crippen molar-refractivity contribution in [2.75, 3.05) is 7.11 Å². The summed E-state index contributed by atoms with van der Waals surface area (Å²) in [5.41, 5.74) is 2.28. The monoisotopic (exact) mass is 304 g/mol. The molecule has 3 heteroatoms. The third-order valence-corrected chi connectivity index (χ3v) is 3.85. The van der Waals surface area contributed by atoms with Crippen LogP contribution in [0.25, 0.3) is 10.8 Å². The molecule has 0 N–H and O–H groups in total. The molecule has 0 radical (unpaired) electrons. The standard InChI is InChI=1S/C20H16O3/c1-13-7-9-14(10-8-13)19(21)17-11-15-5-3-4-6-16(15)12-18(17)20(22)23-2/h3-12H,1-2H3. The zero-order valence-electron chi connectivity index (χ0n) is 13.0. The number of benzene rings is 3. The molecule has 114 valence electrons. The number of carbonyl (C=O) groups excluding carboxylic acids is 2. The molecule has 0 aliphatic carbocycles. The van der Waals surface area contributed by atoms with Crippen molar-refractivity contribution in [3.05, 3.63) is 82.9 Å². The van der Waals surface area contributed by atoms with E-state index in [4.69, 9.17) is 4.74 Å². The molecular weight excluding hydrogens is 288 g/mol. The first kappa shape index (κ1) is 15.0. The Morgan fingerprint density at radius 2 is 1.39 bits per heavy atom. The average molecular weight is 304 g/mol. The molecule has 0 spiro atoms. The zero-order chi connectivity index (χ0) is 16.4. The van der Waals surface area contributed by atoms with E-state index in [9.17, 15) is 9.59 Å². The number of hydrogen-bond donors (Lipinski definition) is 0. The fourth-order valence-electron chi connectivity index (χ4n) is 2.57. The average Bonchev–Trinajstić information content (AvgIpc) is 2.60. The van der Waals surface area contributed by atoms with E-state index in [1.807, 2.05) is 43.3 Å². The Morgan fingerprint density at radius 3 is 1.96 bits per heavy atom. The lowest BCUT2D eigenvalue weighted by molar-refractivity contribution is 0.0597. The summed E-state index contributed by atoms with van der Waals surface area (Å²) in [7, 11) is 1.32. The van der Waals surface area contributed by atoms with Crippen LogP contribution in [0, 0.1) is 6.92 Å². The molecule has 0 aromatic heterocycles. The highest BCUT2D eigenvalue weighted by Crippen LogP contribution is 2.23. The molecule has 3 aromatic carbocycles. The second-order valence-electron chi connectivity index (χ2n) is 5.43. The normalized spacial score (nSPS) is 10.5. The lowest BCUT2D eigenvalue weighted by Crippen LogP contribution is -2.11. The number of methoxy groups -OCH3 is 1. The van der Waals surface area contributed by atoms with Crippen LogP contribution in [-0.4, -0.2) is 18.9 Å². The maximum atomic E-state index is 12.8. The van der Waals surface area contributed by atoms with Crippen LogP contribution in [0.2, 0.25) is 0 Å². The molecule has 3 nitrogen and oxygen atoms in total. The second-order valence-corrected chi connectivity index (χ2v) is 5.43. The third-order valence-electron chi connectivity index (χ3n) is 3.85. The first-order valence-corrected chi connectivity index (χ1v) is 7.32. The molecule has 0 unspecified atom stereocenters. The van der Waals surface area contributed by atoms with Gasteiger partial charge in [0.1, 0.15) is 0 Å². The van der Waals surface area contributed by atoms with Crippen molar-refractivity contribution in [3.63, 3.8) is 0 Å². The zero-order valence-corrected chi connectivity index (χ0v) is 13.0. The first-order chi connectivity index (χ1) is 11.1. The molecule has 0 fully saturated rings. The van der Waals surface area contributed by atoms with Gasteiger partial charge < -0.3 is 4.74 Å². The minimum atomic E-state index is -0.508. The maximum absolute atomic E-state index is 12.8. The van der Waals surface area contributed by atoms with Gasteiger partial charge in [-0.3, -0.25) is 4.79 Å². The number of aryl methyl sites for hydroxylation is 1. The highest BCUT2D eigenvalue weighted by molar-refractivity contribution is 6.16. The molecule has 0 aliphatic heterocycles. The quantitative estimate of drug-likeness (QED) is 0.539. The van der Waals surface area contributed by atoms with Crippen molar-refractivity contribution in [1.29, 1.82) is 0 Å². The van der Waals surface area contributed by atoms with E-state index in [2.05, 4.69) is 0 Å². The SMILES string of the molecule is COC(=O)c1cc2ccccc2cc1C(=O)c1ccc(C)cc1. The van der Waals surface area contributed by atoms with Gasteiger partial charge in [-0.05, 0) is 29.8 Å². The molecule has 0 amide bonds. The van der Waals surface area contributed by atoms with Gasteiger partial charge in [0.15, 0.2) is 5.78 Å². The number of ether oxygens (including phenoxy) is 1. The summed E-state index contributed by atoms with van der Waals surface area (Å²) in [4.78, 5) is 24.9. The number of ketones is 1. The van der Waals surface area contributed by atoms with E-state index < -0.39 is 5.97 Å². The third kappa shape index (κ3) is 2.86. The fraction of sp³-hybridized carbons (Fsp3) is 0.100. The van der Waals surface area contributed by atoms with Crippen molar-refractivity contribution in [2.24, 2.45) is 0 Å². The molecule has 3 aromatic rings. The summed E-state index contributed by atoms with van der Waals surface area (Å²) in [5, 5.41) is 1.81. The van der Waals surface area contributed by atoms with Crippen molar-refractivity contribution in [2.45, 2.75) is 6.92 Å². The van der Waals surface area contributed by atoms with Gasteiger partial charge in [-0.1, -0.05) is 54.1 Å². The van der Waals surface area contributed by atoms with E-state index in [1.54, 1.807) is 24.3 Å². The number of hydrogen-bond acceptors (Lipinski definition) is 3. The first-order valence-electron chi connectivity index (χ1n) is 7.32. The molecule has 3 rings (SSSR count). The van der Waals surface area contributed by atoms with Crippen molar-refractivity contribution in [3.8, 4) is 0 Å². The predicted octanol–water partition coefficient (Wildman–Crippen LogP) is 4.17. The summed E-state index contributed by atoms with van der Waals surface area (Å²) in [6, 6.07) is 18.4. The molecular formula is C20H16O3. The summed E-state index contributed by atoms with van der Waals surface area (Å²) in [6.45, 7) is 1.96. The lowest BCUT2D eigenvalue weighted by atomic mass is 9.94. The van der Waals surface area contributed by atoms with Crippen molar-refractivity contribution < 1.29 is 14.3 Å². The van der Waals surface area contributed by atoms with Gasteiger partial charge >= 0.3 is 5.97 Å². The second kappa shape index (κ2) is 6.05. The summed E-state index contributed by atoms with van der Waals surface area (Å²) >= 11 is 0. The van der Waals surface area contributed by atoms with Gasteiger partial charge in [-0.2, -0.15) is 0 Å². The number of fused-ring (bicyclic) bond motifs is 1. The van der Waals surface area contributed by atoms with E-state index in [0.29, 0.717) is 11.1 Å². The van der Waals surface area contributed by atoms with Crippen LogP contribution in [-0.2, 0) is 4.74 Å². The topological polar surface area (TPSA) is 43.4 Å². The Hall–Kier alpha value is -2.94. The molecule has 0 heterocycles. The number of carbonyl (C=O) groups is 2. The maximum Gasteiger partial charge on any atom is 0.338 e. The van der Waals surface area contributed by atoms with Crippen LogP contribution in [0.5, 0.6) is 0 Å². The van der Waals surface area contributed by atoms with Gasteiger partial charge in [0.2, 0.25) is 0 Å². The van der Waals surface area contributed by atoms with Crippen LogP contribution in [0.4, 0.5) is 0 Å². The van der Waals surface area contributed by atoms with E-state index in [1.165, 1.54) is 7.11 Å². The molecule has 23 heavy (non-hydrogen) atoms. The minimum Gasteiger partial charge on any atom is -0.465 e. The Balaban J connectivity index is 2.19. The van der Waals surface area contributed by atoms with E-state index in [-0.39, 0.29) is 11.3 Å². The van der Waals surface area contributed by atoms with Crippen LogP contribution >= 0.6 is 0 Å². The summed E-state index contributed by atoms with van der Waals surface area (Å²) in [5.74, 6) is -0.692. The Kier molecular flexibility index (Phi) is 3.94. The van der Waals surface area contributed by atoms with E-state index >= 15 is 0 Å². The van der Waals surface area contributed by atoms with Crippen LogP contribution < -0.4 is 0 Å². The van der Waals surface area contributed by atoms with Gasteiger partial charge in [-0.25, -0.2) is 4.79 Å².